The molecule has 0 saturated carbocycles. The van der Waals surface area contributed by atoms with Crippen molar-refractivity contribution in [2.45, 2.75) is 6.92 Å². The van der Waals surface area contributed by atoms with Crippen LogP contribution < -0.4 is 10.3 Å². The van der Waals surface area contributed by atoms with Crippen LogP contribution in [0.2, 0.25) is 0 Å². The second-order valence-corrected chi connectivity index (χ2v) is 11.1. The molecule has 0 fully saturated rings. The van der Waals surface area contributed by atoms with Crippen molar-refractivity contribution in [1.29, 1.82) is 0 Å². The highest BCUT2D eigenvalue weighted by atomic mass is 79.9. The Morgan fingerprint density at radius 2 is 1.63 bits per heavy atom. The SMILES string of the molecule is Cc1ccc(-c2nc3ccccc3c(=O)n2N=Cc2cc(Br)cc(Br)c2OC(=O)c2ccc(Br)cc2)cc1. The third kappa shape index (κ3) is 5.55. The summed E-state index contributed by atoms with van der Waals surface area (Å²) < 4.78 is 9.15. The third-order valence-electron chi connectivity index (χ3n) is 5.69. The molecular weight excluding hydrogens is 678 g/mol. The Morgan fingerprint density at radius 3 is 2.37 bits per heavy atom. The zero-order valence-corrected chi connectivity index (χ0v) is 24.6. The number of para-hydroxylation sites is 1. The lowest BCUT2D eigenvalue weighted by Gasteiger charge is -2.12. The molecule has 0 radical (unpaired) electrons. The molecule has 9 heteroatoms. The number of ether oxygens (including phenoxy) is 1. The Hall–Kier alpha value is -3.40. The van der Waals surface area contributed by atoms with Crippen molar-refractivity contribution in [1.82, 2.24) is 9.66 Å². The summed E-state index contributed by atoms with van der Waals surface area (Å²) in [6.45, 7) is 1.99. The topological polar surface area (TPSA) is 73.6 Å². The van der Waals surface area contributed by atoms with Gasteiger partial charge < -0.3 is 4.74 Å². The monoisotopic (exact) mass is 693 g/mol. The van der Waals surface area contributed by atoms with E-state index in [0.717, 1.165) is 20.1 Å². The van der Waals surface area contributed by atoms with Crippen LogP contribution in [0, 0.1) is 6.92 Å². The van der Waals surface area contributed by atoms with E-state index in [4.69, 9.17) is 9.72 Å². The number of hydrogen-bond donors (Lipinski definition) is 0. The van der Waals surface area contributed by atoms with Crippen LogP contribution in [0.5, 0.6) is 5.75 Å². The van der Waals surface area contributed by atoms with E-state index >= 15 is 0 Å². The smallest absolute Gasteiger partial charge is 0.343 e. The molecule has 1 aromatic heterocycles. The van der Waals surface area contributed by atoms with Gasteiger partial charge in [0.2, 0.25) is 0 Å². The molecule has 0 bridgehead atoms. The van der Waals surface area contributed by atoms with E-state index in [1.54, 1.807) is 54.6 Å². The van der Waals surface area contributed by atoms with Gasteiger partial charge in [0.1, 0.15) is 0 Å². The number of aromatic nitrogens is 2. The van der Waals surface area contributed by atoms with Crippen molar-refractivity contribution in [3.05, 3.63) is 125 Å². The highest BCUT2D eigenvalue weighted by Crippen LogP contribution is 2.33. The number of fused-ring (bicyclic) bond motifs is 1. The maximum absolute atomic E-state index is 13.5. The van der Waals surface area contributed by atoms with E-state index in [9.17, 15) is 9.59 Å². The quantitative estimate of drug-likeness (QED) is 0.107. The molecule has 5 rings (SSSR count). The van der Waals surface area contributed by atoms with Crippen molar-refractivity contribution in [3.8, 4) is 17.1 Å². The molecule has 0 amide bonds. The highest BCUT2D eigenvalue weighted by molar-refractivity contribution is 9.11. The first-order chi connectivity index (χ1) is 18.3. The number of esters is 1. The number of nitrogens with zero attached hydrogens (tertiary/aromatic N) is 3. The van der Waals surface area contributed by atoms with Crippen molar-refractivity contribution >= 4 is 70.9 Å². The van der Waals surface area contributed by atoms with E-state index in [2.05, 4.69) is 52.9 Å². The molecule has 1 heterocycles. The average molecular weight is 696 g/mol. The number of rotatable bonds is 5. The molecule has 0 aliphatic heterocycles. The van der Waals surface area contributed by atoms with Crippen LogP contribution in [0.4, 0.5) is 0 Å². The van der Waals surface area contributed by atoms with Gasteiger partial charge >= 0.3 is 5.97 Å². The van der Waals surface area contributed by atoms with Crippen LogP contribution in [0.15, 0.2) is 108 Å². The molecule has 5 aromatic rings. The Labute approximate surface area is 243 Å². The molecule has 4 aromatic carbocycles. The minimum atomic E-state index is -0.528. The van der Waals surface area contributed by atoms with Gasteiger partial charge in [-0.05, 0) is 71.4 Å². The number of carbonyl (C=O) groups is 1. The van der Waals surface area contributed by atoms with Crippen LogP contribution >= 0.6 is 47.8 Å². The summed E-state index contributed by atoms with van der Waals surface area (Å²) in [5.74, 6) is 0.135. The van der Waals surface area contributed by atoms with E-state index in [0.29, 0.717) is 32.3 Å². The zero-order valence-electron chi connectivity index (χ0n) is 19.9. The standard InChI is InChI=1S/C29H18Br3N3O3/c1-17-6-8-18(9-7-17)27-34-25-5-3-2-4-23(25)28(36)35(27)33-16-20-14-22(31)15-24(32)26(20)38-29(37)19-10-12-21(30)13-11-19/h2-16H,1H3. The third-order valence-corrected chi connectivity index (χ3v) is 7.26. The molecule has 0 aliphatic rings. The van der Waals surface area contributed by atoms with Crippen LogP contribution in [0.3, 0.4) is 0 Å². The molecule has 0 aliphatic carbocycles. The van der Waals surface area contributed by atoms with Crippen molar-refractivity contribution in [3.63, 3.8) is 0 Å². The van der Waals surface area contributed by atoms with Crippen LogP contribution in [-0.4, -0.2) is 21.8 Å². The van der Waals surface area contributed by atoms with Gasteiger partial charge in [-0.2, -0.15) is 9.78 Å². The summed E-state index contributed by atoms with van der Waals surface area (Å²) in [4.78, 5) is 31.1. The predicted molar refractivity (Wildman–Crippen MR) is 160 cm³/mol. The van der Waals surface area contributed by atoms with Crippen LogP contribution in [-0.2, 0) is 0 Å². The molecule has 0 atom stereocenters. The molecule has 0 unspecified atom stereocenters. The fraction of sp³-hybridized carbons (Fsp3) is 0.0345. The molecule has 6 nitrogen and oxygen atoms in total. The number of carbonyl (C=O) groups excluding carboxylic acids is 1. The van der Waals surface area contributed by atoms with Gasteiger partial charge in [-0.25, -0.2) is 9.78 Å². The summed E-state index contributed by atoms with van der Waals surface area (Å²) in [5.41, 5.74) is 2.96. The first-order valence-corrected chi connectivity index (χ1v) is 13.8. The largest absolute Gasteiger partial charge is 0.421 e. The lowest BCUT2D eigenvalue weighted by Crippen LogP contribution is -2.20. The van der Waals surface area contributed by atoms with E-state index in [1.807, 2.05) is 37.3 Å². The minimum absolute atomic E-state index is 0.267. The maximum atomic E-state index is 13.5. The Bertz CT molecular complexity index is 1760. The zero-order chi connectivity index (χ0) is 26.8. The lowest BCUT2D eigenvalue weighted by molar-refractivity contribution is 0.0733. The molecule has 0 spiro atoms. The summed E-state index contributed by atoms with van der Waals surface area (Å²) in [6, 6.07) is 25.2. The highest BCUT2D eigenvalue weighted by Gasteiger charge is 2.17. The second-order valence-electron chi connectivity index (χ2n) is 8.38. The normalized spacial score (nSPS) is 11.3. The van der Waals surface area contributed by atoms with Gasteiger partial charge in [-0.3, -0.25) is 4.79 Å². The van der Waals surface area contributed by atoms with Crippen molar-refractivity contribution in [2.24, 2.45) is 5.10 Å². The number of halogens is 3. The Kier molecular flexibility index (Phi) is 7.69. The summed E-state index contributed by atoms with van der Waals surface area (Å²) >= 11 is 10.3. The van der Waals surface area contributed by atoms with Crippen LogP contribution in [0.25, 0.3) is 22.3 Å². The lowest BCUT2D eigenvalue weighted by atomic mass is 10.1. The first kappa shape index (κ1) is 26.2. The number of aryl methyl sites for hydroxylation is 1. The molecular formula is C29H18Br3N3O3. The second kappa shape index (κ2) is 11.1. The summed E-state index contributed by atoms with van der Waals surface area (Å²) in [5, 5.41) is 4.98. The number of benzene rings is 4. The Balaban J connectivity index is 1.62. The van der Waals surface area contributed by atoms with Gasteiger partial charge in [0, 0.05) is 20.1 Å². The maximum Gasteiger partial charge on any atom is 0.343 e. The van der Waals surface area contributed by atoms with E-state index in [1.165, 1.54) is 10.9 Å². The fourth-order valence-corrected chi connectivity index (χ4v) is 5.37. The molecule has 0 N–H and O–H groups in total. The average Bonchev–Trinajstić information content (AvgIpc) is 2.90. The summed E-state index contributed by atoms with van der Waals surface area (Å²) in [7, 11) is 0. The minimum Gasteiger partial charge on any atom is -0.421 e. The molecule has 38 heavy (non-hydrogen) atoms. The van der Waals surface area contributed by atoms with E-state index < -0.39 is 5.97 Å². The fourth-order valence-electron chi connectivity index (χ4n) is 3.76. The van der Waals surface area contributed by atoms with E-state index in [-0.39, 0.29) is 11.3 Å². The van der Waals surface area contributed by atoms with Crippen LogP contribution in [0.1, 0.15) is 21.5 Å². The molecule has 0 saturated heterocycles. The first-order valence-electron chi connectivity index (χ1n) is 11.4. The number of hydrogen-bond acceptors (Lipinski definition) is 5. The van der Waals surface area contributed by atoms with Gasteiger partial charge in [-0.1, -0.05) is 73.8 Å². The van der Waals surface area contributed by atoms with Gasteiger partial charge in [0.15, 0.2) is 11.6 Å². The molecule has 188 valence electrons. The Morgan fingerprint density at radius 1 is 0.921 bits per heavy atom. The summed E-state index contributed by atoms with van der Waals surface area (Å²) in [6.07, 6.45) is 1.48. The predicted octanol–water partition coefficient (Wildman–Crippen LogP) is 7.76. The van der Waals surface area contributed by atoms with Gasteiger partial charge in [-0.15, -0.1) is 0 Å². The van der Waals surface area contributed by atoms with Crippen molar-refractivity contribution < 1.29 is 9.53 Å². The van der Waals surface area contributed by atoms with Gasteiger partial charge in [0.25, 0.3) is 5.56 Å². The van der Waals surface area contributed by atoms with Gasteiger partial charge in [0.05, 0.1) is 27.2 Å². The van der Waals surface area contributed by atoms with Crippen molar-refractivity contribution in [2.75, 3.05) is 0 Å².